The zero-order chi connectivity index (χ0) is 17.1. The molecule has 1 fully saturated rings. The van der Waals surface area contributed by atoms with E-state index in [1.807, 2.05) is 18.9 Å². The van der Waals surface area contributed by atoms with Crippen molar-refractivity contribution >= 4 is 21.6 Å². The topological polar surface area (TPSA) is 60.9 Å². The quantitative estimate of drug-likeness (QED) is 0.800. The van der Waals surface area contributed by atoms with Crippen LogP contribution in [0.5, 0.6) is 0 Å². The first-order valence-corrected chi connectivity index (χ1v) is 10.0. The molecule has 0 saturated carbocycles. The molecule has 0 bridgehead atoms. The minimum atomic E-state index is -3.50. The van der Waals surface area contributed by atoms with Crippen LogP contribution in [-0.4, -0.2) is 63.3 Å². The molecule has 1 saturated heterocycles. The molecule has 0 spiro atoms. The molecule has 1 aromatic rings. The molecule has 4 rings (SSSR count). The number of rotatable bonds is 2. The Morgan fingerprint density at radius 2 is 1.79 bits per heavy atom. The number of carbonyl (C=O) groups is 1. The van der Waals surface area contributed by atoms with Crippen molar-refractivity contribution in [3.63, 3.8) is 0 Å². The highest BCUT2D eigenvalue weighted by Gasteiger charge is 2.39. The van der Waals surface area contributed by atoms with Crippen LogP contribution < -0.4 is 4.90 Å². The fraction of sp³-hybridized carbons (Fsp3) is 0.588. The molecule has 6 nitrogen and oxygen atoms in total. The van der Waals surface area contributed by atoms with Crippen molar-refractivity contribution in [3.05, 3.63) is 23.3 Å². The number of amides is 1. The van der Waals surface area contributed by atoms with Gasteiger partial charge in [-0.2, -0.15) is 4.31 Å². The SMILES string of the molecule is C[C@H]1C(=O)N2CCCc3cc(S(=O)(=O)N4CCN(C)CC4)cc1c32. The van der Waals surface area contributed by atoms with Gasteiger partial charge >= 0.3 is 0 Å². The highest BCUT2D eigenvalue weighted by Crippen LogP contribution is 2.44. The summed E-state index contributed by atoms with van der Waals surface area (Å²) in [5.41, 5.74) is 2.85. The van der Waals surface area contributed by atoms with Gasteiger partial charge in [-0.3, -0.25) is 4.79 Å². The summed E-state index contributed by atoms with van der Waals surface area (Å²) in [5, 5.41) is 0. The Kier molecular flexibility index (Phi) is 3.71. The number of nitrogens with zero attached hydrogens (tertiary/aromatic N) is 3. The second kappa shape index (κ2) is 5.54. The Morgan fingerprint density at radius 1 is 1.08 bits per heavy atom. The highest BCUT2D eigenvalue weighted by atomic mass is 32.2. The molecule has 1 aromatic carbocycles. The molecule has 1 atom stereocenters. The van der Waals surface area contributed by atoms with E-state index in [9.17, 15) is 13.2 Å². The van der Waals surface area contributed by atoms with Crippen LogP contribution in [0.15, 0.2) is 17.0 Å². The number of piperazine rings is 1. The van der Waals surface area contributed by atoms with E-state index in [-0.39, 0.29) is 11.8 Å². The number of likely N-dealkylation sites (N-methyl/N-ethyl adjacent to an activating group) is 1. The average molecular weight is 349 g/mol. The summed E-state index contributed by atoms with van der Waals surface area (Å²) in [7, 11) is -1.49. The van der Waals surface area contributed by atoms with Gasteiger partial charge in [-0.15, -0.1) is 0 Å². The van der Waals surface area contributed by atoms with E-state index in [4.69, 9.17) is 0 Å². The predicted molar refractivity (Wildman–Crippen MR) is 91.8 cm³/mol. The lowest BCUT2D eigenvalue weighted by atomic mass is 9.97. The van der Waals surface area contributed by atoms with Gasteiger partial charge in [0.2, 0.25) is 15.9 Å². The summed E-state index contributed by atoms with van der Waals surface area (Å²) in [6, 6.07) is 3.53. The fourth-order valence-corrected chi connectivity index (χ4v) is 5.50. The van der Waals surface area contributed by atoms with Crippen molar-refractivity contribution in [2.75, 3.05) is 44.7 Å². The predicted octanol–water partition coefficient (Wildman–Crippen LogP) is 1.02. The fourth-order valence-electron chi connectivity index (χ4n) is 3.99. The minimum Gasteiger partial charge on any atom is -0.311 e. The third kappa shape index (κ3) is 2.29. The van der Waals surface area contributed by atoms with Crippen LogP contribution >= 0.6 is 0 Å². The number of benzene rings is 1. The van der Waals surface area contributed by atoms with Gasteiger partial charge in [-0.05, 0) is 50.1 Å². The average Bonchev–Trinajstić information content (AvgIpc) is 2.82. The minimum absolute atomic E-state index is 0.0973. The molecule has 0 aromatic heterocycles. The van der Waals surface area contributed by atoms with Crippen LogP contribution in [0, 0.1) is 0 Å². The molecule has 24 heavy (non-hydrogen) atoms. The molecule has 1 amide bonds. The van der Waals surface area contributed by atoms with Crippen molar-refractivity contribution in [3.8, 4) is 0 Å². The number of anilines is 1. The number of hydrogen-bond acceptors (Lipinski definition) is 4. The Labute approximate surface area is 143 Å². The van der Waals surface area contributed by atoms with Crippen molar-refractivity contribution in [1.29, 1.82) is 0 Å². The Hall–Kier alpha value is -1.44. The number of aryl methyl sites for hydroxylation is 1. The van der Waals surface area contributed by atoms with Gasteiger partial charge in [0.1, 0.15) is 0 Å². The van der Waals surface area contributed by atoms with E-state index in [1.54, 1.807) is 16.4 Å². The molecule has 7 heteroatoms. The standard InChI is InChI=1S/C17H23N3O3S/c1-12-15-11-14(24(22,23)19-8-6-18(2)7-9-19)10-13-4-3-5-20(16(13)15)17(12)21/h10-12H,3-9H2,1-2H3/t12-/m1/s1. The molecule has 3 heterocycles. The number of sulfonamides is 1. The van der Waals surface area contributed by atoms with Crippen LogP contribution in [0.2, 0.25) is 0 Å². The summed E-state index contributed by atoms with van der Waals surface area (Å²) in [6.07, 6.45) is 1.73. The smallest absolute Gasteiger partial charge is 0.243 e. The van der Waals surface area contributed by atoms with Crippen LogP contribution in [0.25, 0.3) is 0 Å². The monoisotopic (exact) mass is 349 g/mol. The molecular formula is C17H23N3O3S. The summed E-state index contributed by atoms with van der Waals surface area (Å²) >= 11 is 0. The second-order valence-electron chi connectivity index (χ2n) is 7.04. The lowest BCUT2D eigenvalue weighted by molar-refractivity contribution is -0.119. The van der Waals surface area contributed by atoms with E-state index >= 15 is 0 Å². The Balaban J connectivity index is 1.77. The molecular weight excluding hydrogens is 326 g/mol. The zero-order valence-corrected chi connectivity index (χ0v) is 15.0. The van der Waals surface area contributed by atoms with Gasteiger partial charge in [0.25, 0.3) is 0 Å². The van der Waals surface area contributed by atoms with E-state index in [1.165, 1.54) is 0 Å². The molecule has 3 aliphatic rings. The Bertz CT molecular complexity index is 798. The second-order valence-corrected chi connectivity index (χ2v) is 8.98. The van der Waals surface area contributed by atoms with Gasteiger partial charge in [0.15, 0.2) is 0 Å². The van der Waals surface area contributed by atoms with E-state index in [0.29, 0.717) is 18.0 Å². The molecule has 0 aliphatic carbocycles. The van der Waals surface area contributed by atoms with Gasteiger partial charge in [-0.1, -0.05) is 0 Å². The van der Waals surface area contributed by atoms with Crippen molar-refractivity contribution in [2.45, 2.75) is 30.6 Å². The van der Waals surface area contributed by atoms with Crippen LogP contribution in [0.3, 0.4) is 0 Å². The normalized spacial score (nSPS) is 25.2. The molecule has 0 N–H and O–H groups in total. The van der Waals surface area contributed by atoms with Crippen molar-refractivity contribution in [1.82, 2.24) is 9.21 Å². The summed E-state index contributed by atoms with van der Waals surface area (Å²) < 4.78 is 27.7. The lowest BCUT2D eigenvalue weighted by Gasteiger charge is -2.32. The molecule has 130 valence electrons. The first-order chi connectivity index (χ1) is 11.4. The van der Waals surface area contributed by atoms with E-state index < -0.39 is 10.0 Å². The van der Waals surface area contributed by atoms with E-state index in [2.05, 4.69) is 4.90 Å². The number of carbonyl (C=O) groups excluding carboxylic acids is 1. The first kappa shape index (κ1) is 16.1. The van der Waals surface area contributed by atoms with Gasteiger partial charge in [-0.25, -0.2) is 8.42 Å². The highest BCUT2D eigenvalue weighted by molar-refractivity contribution is 7.89. The van der Waals surface area contributed by atoms with Crippen LogP contribution in [-0.2, 0) is 21.2 Å². The number of hydrogen-bond donors (Lipinski definition) is 0. The van der Waals surface area contributed by atoms with Gasteiger partial charge in [0.05, 0.1) is 16.5 Å². The molecule has 0 unspecified atom stereocenters. The van der Waals surface area contributed by atoms with Crippen LogP contribution in [0.1, 0.15) is 30.4 Å². The third-order valence-electron chi connectivity index (χ3n) is 5.49. The third-order valence-corrected chi connectivity index (χ3v) is 7.37. The van der Waals surface area contributed by atoms with E-state index in [0.717, 1.165) is 49.3 Å². The maximum atomic E-state index is 13.1. The lowest BCUT2D eigenvalue weighted by Crippen LogP contribution is -2.47. The van der Waals surface area contributed by atoms with Gasteiger partial charge in [0, 0.05) is 32.7 Å². The van der Waals surface area contributed by atoms with Gasteiger partial charge < -0.3 is 9.80 Å². The molecule has 3 aliphatic heterocycles. The summed E-state index contributed by atoms with van der Waals surface area (Å²) in [6.45, 7) is 5.16. The zero-order valence-electron chi connectivity index (χ0n) is 14.2. The van der Waals surface area contributed by atoms with Crippen molar-refractivity contribution < 1.29 is 13.2 Å². The summed E-state index contributed by atoms with van der Waals surface area (Å²) in [5.74, 6) is -0.153. The first-order valence-electron chi connectivity index (χ1n) is 8.56. The summed E-state index contributed by atoms with van der Waals surface area (Å²) in [4.78, 5) is 16.8. The maximum Gasteiger partial charge on any atom is 0.243 e. The molecule has 0 radical (unpaired) electrons. The largest absolute Gasteiger partial charge is 0.311 e. The maximum absolute atomic E-state index is 13.1. The Morgan fingerprint density at radius 3 is 2.50 bits per heavy atom. The van der Waals surface area contributed by atoms with Crippen molar-refractivity contribution in [2.24, 2.45) is 0 Å². The van der Waals surface area contributed by atoms with Crippen LogP contribution in [0.4, 0.5) is 5.69 Å².